The lowest BCUT2D eigenvalue weighted by atomic mass is 9.97. The molecule has 1 aromatic heterocycles. The molecule has 1 aliphatic heterocycles. The number of aryl methyl sites for hydroxylation is 1. The summed E-state index contributed by atoms with van der Waals surface area (Å²) in [4.78, 5) is 7.17. The van der Waals surface area contributed by atoms with E-state index in [1.165, 1.54) is 36.9 Å². The molecule has 0 spiro atoms. The summed E-state index contributed by atoms with van der Waals surface area (Å²) in [6.45, 7) is 8.73. The van der Waals surface area contributed by atoms with E-state index in [0.29, 0.717) is 12.0 Å². The van der Waals surface area contributed by atoms with Gasteiger partial charge in [0.25, 0.3) is 0 Å². The summed E-state index contributed by atoms with van der Waals surface area (Å²) in [6.07, 6.45) is 8.23. The maximum atomic E-state index is 6.13. The minimum atomic E-state index is 0.447. The van der Waals surface area contributed by atoms with Gasteiger partial charge >= 0.3 is 0 Å². The number of aromatic nitrogens is 2. The van der Waals surface area contributed by atoms with Gasteiger partial charge < -0.3 is 14.2 Å². The normalized spacial score (nSPS) is 17.3. The highest BCUT2D eigenvalue weighted by molar-refractivity contribution is 5.62. The maximum absolute atomic E-state index is 6.13. The van der Waals surface area contributed by atoms with Crippen LogP contribution in [0.2, 0.25) is 0 Å². The van der Waals surface area contributed by atoms with Crippen molar-refractivity contribution in [3.63, 3.8) is 0 Å². The van der Waals surface area contributed by atoms with E-state index in [4.69, 9.17) is 9.72 Å². The van der Waals surface area contributed by atoms with Gasteiger partial charge in [0.2, 0.25) is 0 Å². The van der Waals surface area contributed by atoms with Crippen molar-refractivity contribution in [3.05, 3.63) is 42.4 Å². The SMILES string of the molecule is CCC[C@@H](C)c1c(-c2ccccc2)ncn1CCCOC1CCN(C)CC1. The van der Waals surface area contributed by atoms with E-state index in [0.717, 1.165) is 38.4 Å². The molecule has 148 valence electrons. The van der Waals surface area contributed by atoms with Gasteiger partial charge in [-0.25, -0.2) is 4.98 Å². The third-order valence-electron chi connectivity index (χ3n) is 5.68. The van der Waals surface area contributed by atoms with Crippen LogP contribution < -0.4 is 0 Å². The Balaban J connectivity index is 1.61. The fraction of sp³-hybridized carbons (Fsp3) is 0.609. The van der Waals surface area contributed by atoms with Crippen LogP contribution in [0.3, 0.4) is 0 Å². The summed E-state index contributed by atoms with van der Waals surface area (Å²) >= 11 is 0. The second-order valence-electron chi connectivity index (χ2n) is 7.95. The van der Waals surface area contributed by atoms with Crippen molar-refractivity contribution in [1.82, 2.24) is 14.5 Å². The summed E-state index contributed by atoms with van der Waals surface area (Å²) in [5, 5.41) is 0. The summed E-state index contributed by atoms with van der Waals surface area (Å²) in [7, 11) is 2.19. The van der Waals surface area contributed by atoms with E-state index in [1.54, 1.807) is 0 Å². The zero-order valence-corrected chi connectivity index (χ0v) is 17.2. The number of imidazole rings is 1. The molecule has 1 fully saturated rings. The van der Waals surface area contributed by atoms with Gasteiger partial charge in [-0.05, 0) is 38.6 Å². The van der Waals surface area contributed by atoms with Crippen molar-refractivity contribution < 1.29 is 4.74 Å². The highest BCUT2D eigenvalue weighted by Gasteiger charge is 2.19. The Labute approximate surface area is 164 Å². The van der Waals surface area contributed by atoms with Crippen molar-refractivity contribution in [2.45, 2.75) is 64.5 Å². The second kappa shape index (κ2) is 10.0. The van der Waals surface area contributed by atoms with Gasteiger partial charge in [0.1, 0.15) is 0 Å². The average Bonchev–Trinajstić information content (AvgIpc) is 3.11. The Morgan fingerprint density at radius 1 is 1.19 bits per heavy atom. The Bertz CT molecular complexity index is 674. The molecule has 0 radical (unpaired) electrons. The predicted octanol–water partition coefficient (Wildman–Crippen LogP) is 4.95. The molecule has 27 heavy (non-hydrogen) atoms. The van der Waals surface area contributed by atoms with Gasteiger partial charge in [0.05, 0.1) is 18.1 Å². The van der Waals surface area contributed by atoms with Crippen LogP contribution in [0.5, 0.6) is 0 Å². The Kier molecular flexibility index (Phi) is 7.48. The van der Waals surface area contributed by atoms with Crippen LogP contribution in [0.1, 0.15) is 57.6 Å². The zero-order valence-electron chi connectivity index (χ0n) is 17.2. The first-order valence-electron chi connectivity index (χ1n) is 10.6. The number of ether oxygens (including phenoxy) is 1. The molecule has 1 atom stereocenters. The Morgan fingerprint density at radius 2 is 1.93 bits per heavy atom. The van der Waals surface area contributed by atoms with Gasteiger partial charge in [-0.2, -0.15) is 0 Å². The number of likely N-dealkylation sites (tertiary alicyclic amines) is 1. The van der Waals surface area contributed by atoms with Crippen molar-refractivity contribution in [2.75, 3.05) is 26.7 Å². The molecule has 2 aromatic rings. The van der Waals surface area contributed by atoms with E-state index < -0.39 is 0 Å². The van der Waals surface area contributed by atoms with Crippen LogP contribution in [0.25, 0.3) is 11.3 Å². The lowest BCUT2D eigenvalue weighted by Crippen LogP contribution is -2.34. The number of rotatable bonds is 9. The molecule has 1 aromatic carbocycles. The summed E-state index contributed by atoms with van der Waals surface area (Å²) in [5.41, 5.74) is 3.74. The fourth-order valence-electron chi connectivity index (χ4n) is 4.11. The smallest absolute Gasteiger partial charge is 0.0956 e. The summed E-state index contributed by atoms with van der Waals surface area (Å²) in [6, 6.07) is 10.6. The minimum Gasteiger partial charge on any atom is -0.378 e. The standard InChI is InChI=1S/C23H35N3O/c1-4-9-19(2)23-22(20-10-6-5-7-11-20)24-18-26(23)14-8-17-27-21-12-15-25(3)16-13-21/h5-7,10-11,18-19,21H,4,8-9,12-17H2,1-3H3/t19-/m1/s1. The van der Waals surface area contributed by atoms with Gasteiger partial charge in [-0.15, -0.1) is 0 Å². The summed E-state index contributed by atoms with van der Waals surface area (Å²) < 4.78 is 8.49. The average molecular weight is 370 g/mol. The topological polar surface area (TPSA) is 30.3 Å². The molecule has 0 bridgehead atoms. The number of piperidine rings is 1. The molecule has 0 saturated carbocycles. The van der Waals surface area contributed by atoms with Crippen LogP contribution >= 0.6 is 0 Å². The highest BCUT2D eigenvalue weighted by Crippen LogP contribution is 2.31. The van der Waals surface area contributed by atoms with Gasteiger partial charge in [0, 0.05) is 37.5 Å². The predicted molar refractivity (Wildman–Crippen MR) is 112 cm³/mol. The monoisotopic (exact) mass is 369 g/mol. The molecular formula is C23H35N3O. The molecule has 4 heteroatoms. The Hall–Kier alpha value is -1.65. The first-order chi connectivity index (χ1) is 13.2. The molecule has 0 N–H and O–H groups in total. The first-order valence-corrected chi connectivity index (χ1v) is 10.6. The molecule has 4 nitrogen and oxygen atoms in total. The van der Waals surface area contributed by atoms with Crippen LogP contribution in [-0.2, 0) is 11.3 Å². The third kappa shape index (κ3) is 5.43. The van der Waals surface area contributed by atoms with E-state index in [1.807, 2.05) is 6.33 Å². The maximum Gasteiger partial charge on any atom is 0.0956 e. The minimum absolute atomic E-state index is 0.447. The van der Waals surface area contributed by atoms with Crippen LogP contribution in [0.4, 0.5) is 0 Å². The number of nitrogens with zero attached hydrogens (tertiary/aromatic N) is 3. The largest absolute Gasteiger partial charge is 0.378 e. The molecule has 0 unspecified atom stereocenters. The van der Waals surface area contributed by atoms with Crippen LogP contribution in [-0.4, -0.2) is 47.3 Å². The van der Waals surface area contributed by atoms with Crippen molar-refractivity contribution >= 4 is 0 Å². The van der Waals surface area contributed by atoms with Crippen molar-refractivity contribution in [3.8, 4) is 11.3 Å². The molecule has 3 rings (SSSR count). The van der Waals surface area contributed by atoms with Gasteiger partial charge in [-0.1, -0.05) is 50.6 Å². The number of benzene rings is 1. The molecule has 0 amide bonds. The third-order valence-corrected chi connectivity index (χ3v) is 5.68. The van der Waals surface area contributed by atoms with Crippen LogP contribution in [0, 0.1) is 0 Å². The van der Waals surface area contributed by atoms with E-state index >= 15 is 0 Å². The lowest BCUT2D eigenvalue weighted by Gasteiger charge is -2.29. The first kappa shape index (κ1) is 20.1. The molecule has 1 saturated heterocycles. The number of hydrogen-bond acceptors (Lipinski definition) is 3. The highest BCUT2D eigenvalue weighted by atomic mass is 16.5. The molecule has 2 heterocycles. The molecular weight excluding hydrogens is 334 g/mol. The van der Waals surface area contributed by atoms with Gasteiger partial charge in [0.15, 0.2) is 0 Å². The quantitative estimate of drug-likeness (QED) is 0.586. The van der Waals surface area contributed by atoms with Crippen molar-refractivity contribution in [1.29, 1.82) is 0 Å². The van der Waals surface area contributed by atoms with Gasteiger partial charge in [-0.3, -0.25) is 0 Å². The fourth-order valence-corrected chi connectivity index (χ4v) is 4.11. The van der Waals surface area contributed by atoms with E-state index in [-0.39, 0.29) is 0 Å². The summed E-state index contributed by atoms with van der Waals surface area (Å²) in [5.74, 6) is 0.516. The van der Waals surface area contributed by atoms with E-state index in [2.05, 4.69) is 60.7 Å². The molecule has 0 aliphatic carbocycles. The van der Waals surface area contributed by atoms with Crippen molar-refractivity contribution in [2.24, 2.45) is 0 Å². The zero-order chi connectivity index (χ0) is 19.1. The van der Waals surface area contributed by atoms with E-state index in [9.17, 15) is 0 Å². The Morgan fingerprint density at radius 3 is 2.63 bits per heavy atom. The second-order valence-corrected chi connectivity index (χ2v) is 7.95. The molecule has 1 aliphatic rings. The number of hydrogen-bond donors (Lipinski definition) is 0. The van der Waals surface area contributed by atoms with Crippen LogP contribution in [0.15, 0.2) is 36.7 Å². The lowest BCUT2D eigenvalue weighted by molar-refractivity contribution is 0.0102.